The van der Waals surface area contributed by atoms with E-state index in [1.807, 2.05) is 30.3 Å². The van der Waals surface area contributed by atoms with E-state index in [2.05, 4.69) is 36.8 Å². The van der Waals surface area contributed by atoms with E-state index in [-0.39, 0.29) is 23.0 Å². The van der Waals surface area contributed by atoms with Crippen LogP contribution >= 0.6 is 15.9 Å². The number of nitrogens with one attached hydrogen (secondary N) is 1. The van der Waals surface area contributed by atoms with Crippen molar-refractivity contribution in [3.8, 4) is 0 Å². The van der Waals surface area contributed by atoms with Crippen molar-refractivity contribution in [3.63, 3.8) is 0 Å². The van der Waals surface area contributed by atoms with Crippen molar-refractivity contribution in [1.29, 1.82) is 0 Å². The molecule has 0 saturated carbocycles. The summed E-state index contributed by atoms with van der Waals surface area (Å²) in [4.78, 5) is 26.0. The Morgan fingerprint density at radius 2 is 1.82 bits per heavy atom. The van der Waals surface area contributed by atoms with Crippen LogP contribution in [0, 0.1) is 0 Å². The Hall–Kier alpha value is -3.33. The van der Waals surface area contributed by atoms with Gasteiger partial charge in [-0.05, 0) is 28.1 Å². The summed E-state index contributed by atoms with van der Waals surface area (Å²) < 4.78 is 7.02. The number of hydrogen-bond acceptors (Lipinski definition) is 7. The summed E-state index contributed by atoms with van der Waals surface area (Å²) in [6.07, 6.45) is 0. The number of tetrazole rings is 1. The highest BCUT2D eigenvalue weighted by Gasteiger charge is 2.38. The zero-order chi connectivity index (χ0) is 19.7. The Balaban J connectivity index is 1.96. The van der Waals surface area contributed by atoms with Gasteiger partial charge in [-0.25, -0.2) is 4.79 Å². The number of carbonyl (C=O) groups is 2. The lowest BCUT2D eigenvalue weighted by Gasteiger charge is -2.28. The van der Waals surface area contributed by atoms with Crippen LogP contribution in [0.1, 0.15) is 22.0 Å². The molecule has 2 aromatic carbocycles. The SMILES string of the molecule is COC(=O)C1=C(C(=O)c2ccccc2)C(c2ccc(Br)cc2)Nc2nnnn21. The molecule has 0 spiro atoms. The summed E-state index contributed by atoms with van der Waals surface area (Å²) in [6, 6.07) is 15.5. The number of aromatic nitrogens is 4. The number of hydrogen-bond donors (Lipinski definition) is 1. The summed E-state index contributed by atoms with van der Waals surface area (Å²) in [5, 5.41) is 14.5. The molecule has 1 aliphatic rings. The average Bonchev–Trinajstić information content (AvgIpc) is 3.21. The maximum Gasteiger partial charge on any atom is 0.357 e. The summed E-state index contributed by atoms with van der Waals surface area (Å²) in [7, 11) is 1.25. The number of halogens is 1. The normalized spacial score (nSPS) is 15.6. The molecule has 3 aromatic rings. The molecular weight excluding hydrogens is 426 g/mol. The average molecular weight is 440 g/mol. The number of rotatable bonds is 4. The van der Waals surface area contributed by atoms with Crippen molar-refractivity contribution in [2.24, 2.45) is 0 Å². The first-order valence-corrected chi connectivity index (χ1v) is 9.12. The molecule has 2 heterocycles. The minimum Gasteiger partial charge on any atom is -0.464 e. The second kappa shape index (κ2) is 7.35. The van der Waals surface area contributed by atoms with Crippen molar-refractivity contribution in [2.75, 3.05) is 12.4 Å². The fraction of sp³-hybridized carbons (Fsp3) is 0.105. The number of methoxy groups -OCH3 is 1. The first-order chi connectivity index (χ1) is 13.6. The summed E-state index contributed by atoms with van der Waals surface area (Å²) >= 11 is 3.41. The standard InChI is InChI=1S/C19H14BrN5O3/c1-28-18(27)16-14(17(26)12-5-3-2-4-6-12)15(11-7-9-13(20)10-8-11)21-19-22-23-24-25(16)19/h2-10,15H,1H3,(H,21,22,24). The highest BCUT2D eigenvalue weighted by molar-refractivity contribution is 9.10. The van der Waals surface area contributed by atoms with E-state index in [4.69, 9.17) is 4.74 Å². The minimum absolute atomic E-state index is 0.0111. The first-order valence-electron chi connectivity index (χ1n) is 8.33. The number of benzene rings is 2. The van der Waals surface area contributed by atoms with E-state index in [0.29, 0.717) is 5.56 Å². The highest BCUT2D eigenvalue weighted by atomic mass is 79.9. The molecule has 4 rings (SSSR count). The van der Waals surface area contributed by atoms with Crippen LogP contribution < -0.4 is 5.32 Å². The number of nitrogens with zero attached hydrogens (tertiary/aromatic N) is 4. The Morgan fingerprint density at radius 1 is 1.11 bits per heavy atom. The van der Waals surface area contributed by atoms with Gasteiger partial charge in [-0.15, -0.1) is 0 Å². The van der Waals surface area contributed by atoms with E-state index in [1.54, 1.807) is 24.3 Å². The van der Waals surface area contributed by atoms with Crippen LogP contribution in [-0.4, -0.2) is 39.1 Å². The Kier molecular flexibility index (Phi) is 4.74. The van der Waals surface area contributed by atoms with Crippen LogP contribution in [0.15, 0.2) is 64.6 Å². The monoisotopic (exact) mass is 439 g/mol. The Labute approximate surface area is 168 Å². The van der Waals surface area contributed by atoms with Crippen LogP contribution in [0.4, 0.5) is 5.95 Å². The Morgan fingerprint density at radius 3 is 2.50 bits per heavy atom. The third kappa shape index (κ3) is 3.09. The lowest BCUT2D eigenvalue weighted by Crippen LogP contribution is -2.31. The number of carbonyl (C=O) groups excluding carboxylic acids is 2. The molecule has 140 valence electrons. The molecule has 8 nitrogen and oxygen atoms in total. The molecule has 0 aliphatic carbocycles. The smallest absolute Gasteiger partial charge is 0.357 e. The van der Waals surface area contributed by atoms with E-state index in [0.717, 1.165) is 10.0 Å². The van der Waals surface area contributed by atoms with Crippen LogP contribution in [0.25, 0.3) is 5.70 Å². The number of Topliss-reactive ketones (excluding diaryl/α,β-unsaturated/α-hetero) is 1. The van der Waals surface area contributed by atoms with E-state index in [9.17, 15) is 9.59 Å². The van der Waals surface area contributed by atoms with Gasteiger partial charge in [0.1, 0.15) is 0 Å². The van der Waals surface area contributed by atoms with Gasteiger partial charge in [0.25, 0.3) is 0 Å². The van der Waals surface area contributed by atoms with Gasteiger partial charge >= 0.3 is 5.97 Å². The lowest BCUT2D eigenvalue weighted by atomic mass is 9.89. The van der Waals surface area contributed by atoms with Gasteiger partial charge in [0.2, 0.25) is 5.95 Å². The second-order valence-corrected chi connectivity index (χ2v) is 6.91. The van der Waals surface area contributed by atoms with Crippen molar-refractivity contribution in [3.05, 3.63) is 75.8 Å². The molecule has 28 heavy (non-hydrogen) atoms. The van der Waals surface area contributed by atoms with Gasteiger partial charge in [-0.3, -0.25) is 4.79 Å². The zero-order valence-corrected chi connectivity index (χ0v) is 16.3. The van der Waals surface area contributed by atoms with Gasteiger partial charge in [-0.2, -0.15) is 4.68 Å². The maximum absolute atomic E-state index is 13.4. The fourth-order valence-corrected chi connectivity index (χ4v) is 3.33. The Bertz CT molecular complexity index is 1080. The predicted molar refractivity (Wildman–Crippen MR) is 104 cm³/mol. The third-order valence-corrected chi connectivity index (χ3v) is 4.89. The third-order valence-electron chi connectivity index (χ3n) is 4.36. The molecule has 1 N–H and O–H groups in total. The first kappa shape index (κ1) is 18.1. The number of ether oxygens (including phenoxy) is 1. The molecule has 0 amide bonds. The molecule has 1 atom stereocenters. The molecule has 1 unspecified atom stereocenters. The van der Waals surface area contributed by atoms with Gasteiger partial charge in [0.15, 0.2) is 11.5 Å². The summed E-state index contributed by atoms with van der Waals surface area (Å²) in [6.45, 7) is 0. The zero-order valence-electron chi connectivity index (χ0n) is 14.7. The second-order valence-electron chi connectivity index (χ2n) is 5.99. The number of fused-ring (bicyclic) bond motifs is 1. The van der Waals surface area contributed by atoms with Crippen LogP contribution in [0.3, 0.4) is 0 Å². The number of esters is 1. The fourth-order valence-electron chi connectivity index (χ4n) is 3.06. The molecule has 0 bridgehead atoms. The van der Waals surface area contributed by atoms with E-state index < -0.39 is 12.0 Å². The van der Waals surface area contributed by atoms with Crippen molar-refractivity contribution >= 4 is 39.3 Å². The maximum atomic E-state index is 13.4. The predicted octanol–water partition coefficient (Wildman–Crippen LogP) is 2.87. The molecule has 1 aromatic heterocycles. The van der Waals surface area contributed by atoms with E-state index >= 15 is 0 Å². The minimum atomic E-state index is -0.698. The van der Waals surface area contributed by atoms with Gasteiger partial charge in [-0.1, -0.05) is 63.5 Å². The van der Waals surface area contributed by atoms with Crippen molar-refractivity contribution in [1.82, 2.24) is 20.2 Å². The molecule has 0 radical (unpaired) electrons. The van der Waals surface area contributed by atoms with Crippen molar-refractivity contribution < 1.29 is 14.3 Å². The van der Waals surface area contributed by atoms with Crippen molar-refractivity contribution in [2.45, 2.75) is 6.04 Å². The summed E-state index contributed by atoms with van der Waals surface area (Å²) in [5.74, 6) is -0.767. The molecule has 0 fully saturated rings. The molecular formula is C19H14BrN5O3. The topological polar surface area (TPSA) is 99.0 Å². The van der Waals surface area contributed by atoms with E-state index in [1.165, 1.54) is 11.8 Å². The van der Waals surface area contributed by atoms with Gasteiger partial charge in [0.05, 0.1) is 18.7 Å². The molecule has 9 heteroatoms. The largest absolute Gasteiger partial charge is 0.464 e. The number of ketones is 1. The molecule has 0 saturated heterocycles. The van der Waals surface area contributed by atoms with Gasteiger partial charge in [0, 0.05) is 10.0 Å². The number of anilines is 1. The molecule has 1 aliphatic heterocycles. The quantitative estimate of drug-likeness (QED) is 0.492. The summed E-state index contributed by atoms with van der Waals surface area (Å²) in [5.41, 5.74) is 1.42. The lowest BCUT2D eigenvalue weighted by molar-refractivity contribution is -0.134. The highest BCUT2D eigenvalue weighted by Crippen LogP contribution is 2.37. The van der Waals surface area contributed by atoms with Crippen LogP contribution in [-0.2, 0) is 9.53 Å². The van der Waals surface area contributed by atoms with Crippen LogP contribution in [0.2, 0.25) is 0 Å². The van der Waals surface area contributed by atoms with Gasteiger partial charge < -0.3 is 10.1 Å². The van der Waals surface area contributed by atoms with Crippen LogP contribution in [0.5, 0.6) is 0 Å².